The second-order valence-electron chi connectivity index (χ2n) is 9.60. The van der Waals surface area contributed by atoms with E-state index in [1.807, 2.05) is 32.9 Å². The largest absolute Gasteiger partial charge is 0.444 e. The molecule has 1 aromatic carbocycles. The predicted octanol–water partition coefficient (Wildman–Crippen LogP) is 2.74. The Morgan fingerprint density at radius 2 is 2.03 bits per heavy atom. The maximum absolute atomic E-state index is 12.5. The molecule has 2 saturated heterocycles. The Morgan fingerprint density at radius 1 is 1.24 bits per heavy atom. The summed E-state index contributed by atoms with van der Waals surface area (Å²) in [4.78, 5) is 39.2. The van der Waals surface area contributed by atoms with Crippen molar-refractivity contribution in [2.45, 2.75) is 57.8 Å². The van der Waals surface area contributed by atoms with E-state index in [-0.39, 0.29) is 30.1 Å². The highest BCUT2D eigenvalue weighted by molar-refractivity contribution is 5.96. The molecule has 0 aliphatic carbocycles. The number of rotatable bonds is 4. The minimum absolute atomic E-state index is 0.122. The van der Waals surface area contributed by atoms with Crippen LogP contribution < -0.4 is 5.32 Å². The summed E-state index contributed by atoms with van der Waals surface area (Å²) in [5.74, 6) is -0.127. The average molecular weight is 458 g/mol. The summed E-state index contributed by atoms with van der Waals surface area (Å²) < 4.78 is 11.3. The summed E-state index contributed by atoms with van der Waals surface area (Å²) in [7, 11) is 1.66. The van der Waals surface area contributed by atoms with Gasteiger partial charge in [-0.1, -0.05) is 12.1 Å². The first-order valence-corrected chi connectivity index (χ1v) is 11.2. The van der Waals surface area contributed by atoms with Crippen LogP contribution in [0.5, 0.6) is 0 Å². The molecular formula is C23H31N5O5. The third kappa shape index (κ3) is 5.11. The topological polar surface area (TPSA) is 117 Å². The van der Waals surface area contributed by atoms with Gasteiger partial charge in [0.15, 0.2) is 0 Å². The van der Waals surface area contributed by atoms with Crippen LogP contribution in [0.1, 0.15) is 50.8 Å². The molecule has 0 spiro atoms. The lowest BCUT2D eigenvalue weighted by Gasteiger charge is -2.38. The highest BCUT2D eigenvalue weighted by atomic mass is 16.6. The third-order valence-corrected chi connectivity index (χ3v) is 6.09. The normalized spacial score (nSPS) is 21.9. The van der Waals surface area contributed by atoms with E-state index in [0.29, 0.717) is 32.6 Å². The molecule has 10 nitrogen and oxygen atoms in total. The van der Waals surface area contributed by atoms with Crippen molar-refractivity contribution in [3.05, 3.63) is 29.5 Å². The van der Waals surface area contributed by atoms with Gasteiger partial charge in [-0.3, -0.25) is 15.2 Å². The molecular weight excluding hydrogens is 426 g/mol. The van der Waals surface area contributed by atoms with E-state index >= 15 is 0 Å². The van der Waals surface area contributed by atoms with Crippen LogP contribution >= 0.6 is 0 Å². The lowest BCUT2D eigenvalue weighted by atomic mass is 9.86. The Morgan fingerprint density at radius 3 is 2.73 bits per heavy atom. The number of aromatic amines is 1. The maximum Gasteiger partial charge on any atom is 0.410 e. The first-order chi connectivity index (χ1) is 15.6. The van der Waals surface area contributed by atoms with E-state index in [4.69, 9.17) is 9.47 Å². The minimum Gasteiger partial charge on any atom is -0.444 e. The number of carbonyl (C=O) groups is 3. The van der Waals surface area contributed by atoms with Crippen LogP contribution in [0.15, 0.2) is 18.2 Å². The Hall–Kier alpha value is -3.14. The minimum atomic E-state index is -0.538. The maximum atomic E-state index is 12.5. The molecule has 2 fully saturated rings. The van der Waals surface area contributed by atoms with Crippen molar-refractivity contribution < 1.29 is 23.9 Å². The number of amides is 4. The number of fused-ring (bicyclic) bond motifs is 1. The predicted molar refractivity (Wildman–Crippen MR) is 121 cm³/mol. The number of methoxy groups -OCH3 is 1. The second-order valence-corrected chi connectivity index (χ2v) is 9.60. The number of imide groups is 1. The van der Waals surface area contributed by atoms with Crippen LogP contribution in [0.4, 0.5) is 9.59 Å². The van der Waals surface area contributed by atoms with E-state index in [1.165, 1.54) is 0 Å². The molecule has 0 saturated carbocycles. The molecule has 33 heavy (non-hydrogen) atoms. The Bertz CT molecular complexity index is 1060. The van der Waals surface area contributed by atoms with E-state index in [9.17, 15) is 14.4 Å². The van der Waals surface area contributed by atoms with E-state index in [1.54, 1.807) is 16.9 Å². The van der Waals surface area contributed by atoms with Crippen molar-refractivity contribution in [2.75, 3.05) is 26.7 Å². The fourth-order valence-corrected chi connectivity index (χ4v) is 4.41. The lowest BCUT2D eigenvalue weighted by molar-refractivity contribution is -0.121. The number of nitrogens with one attached hydrogen (secondary N) is 2. The van der Waals surface area contributed by atoms with Gasteiger partial charge in [0, 0.05) is 37.9 Å². The number of hydrogen-bond acceptors (Lipinski definition) is 6. The van der Waals surface area contributed by atoms with Gasteiger partial charge in [0.1, 0.15) is 5.60 Å². The molecule has 178 valence electrons. The first kappa shape index (κ1) is 23.0. The molecule has 0 bridgehead atoms. The summed E-state index contributed by atoms with van der Waals surface area (Å²) in [5, 5.41) is 10.7. The molecule has 4 amide bonds. The Kier molecular flexibility index (Phi) is 6.29. The zero-order valence-corrected chi connectivity index (χ0v) is 19.5. The van der Waals surface area contributed by atoms with Crippen molar-refractivity contribution in [1.29, 1.82) is 0 Å². The first-order valence-electron chi connectivity index (χ1n) is 11.2. The molecule has 4 rings (SSSR count). The number of benzene rings is 1. The van der Waals surface area contributed by atoms with Crippen molar-refractivity contribution in [3.8, 4) is 0 Å². The van der Waals surface area contributed by atoms with Gasteiger partial charge in [-0.15, -0.1) is 0 Å². The van der Waals surface area contributed by atoms with E-state index in [0.717, 1.165) is 28.6 Å². The van der Waals surface area contributed by atoms with Crippen LogP contribution in [0, 0.1) is 0 Å². The average Bonchev–Trinajstić information content (AvgIpc) is 3.16. The molecule has 2 atom stereocenters. The number of hydrogen-bond donors (Lipinski definition) is 2. The van der Waals surface area contributed by atoms with Crippen LogP contribution in [0.3, 0.4) is 0 Å². The summed E-state index contributed by atoms with van der Waals surface area (Å²) in [6.45, 7) is 7.36. The highest BCUT2D eigenvalue weighted by Crippen LogP contribution is 2.33. The number of nitrogens with zero attached hydrogens (tertiary/aromatic N) is 3. The molecule has 2 aromatic rings. The number of urea groups is 1. The third-order valence-electron chi connectivity index (χ3n) is 6.09. The van der Waals surface area contributed by atoms with Crippen molar-refractivity contribution in [1.82, 2.24) is 25.3 Å². The number of likely N-dealkylation sites (tertiary alicyclic amines) is 1. The van der Waals surface area contributed by atoms with Gasteiger partial charge in [-0.2, -0.15) is 5.10 Å². The SMILES string of the molecule is CO[C@H]1CN(C(=O)OC(C)(C)C)CC[C@H]1c1ccc2c(CN3CCC(=O)NC3=O)[nH]nc2c1. The van der Waals surface area contributed by atoms with Gasteiger partial charge < -0.3 is 19.3 Å². The molecule has 10 heteroatoms. The molecule has 3 heterocycles. The molecule has 1 aromatic heterocycles. The molecule has 2 N–H and O–H groups in total. The number of aromatic nitrogens is 2. The van der Waals surface area contributed by atoms with Gasteiger partial charge in [0.05, 0.1) is 30.4 Å². The standard InChI is InChI=1S/C23H31N5O5/c1-23(2,3)33-22(31)28-9-7-15(19(13-28)32-4)14-5-6-16-17(11-14)25-26-18(16)12-27-10-8-20(29)24-21(27)30/h5-6,11,15,19H,7-10,12-13H2,1-4H3,(H,25,26)(H,24,29,30)/t15-,19-/m0/s1. The summed E-state index contributed by atoms with van der Waals surface area (Å²) in [5.41, 5.74) is 2.19. The van der Waals surface area contributed by atoms with Gasteiger partial charge >= 0.3 is 12.1 Å². The quantitative estimate of drug-likeness (QED) is 0.729. The fourth-order valence-electron chi connectivity index (χ4n) is 4.41. The molecule has 2 aliphatic rings. The molecule has 0 radical (unpaired) electrons. The number of ether oxygens (including phenoxy) is 2. The number of piperidine rings is 1. The fraction of sp³-hybridized carbons (Fsp3) is 0.565. The second kappa shape index (κ2) is 9.01. The van der Waals surface area contributed by atoms with Gasteiger partial charge in [0.2, 0.25) is 5.91 Å². The molecule has 2 aliphatic heterocycles. The molecule has 0 unspecified atom stereocenters. The van der Waals surface area contributed by atoms with Crippen LogP contribution in [-0.2, 0) is 20.8 Å². The Labute approximate surface area is 192 Å². The zero-order valence-electron chi connectivity index (χ0n) is 19.5. The van der Waals surface area contributed by atoms with Crippen molar-refractivity contribution in [3.63, 3.8) is 0 Å². The van der Waals surface area contributed by atoms with Crippen LogP contribution in [-0.4, -0.2) is 76.5 Å². The Balaban J connectivity index is 1.47. The monoisotopic (exact) mass is 457 g/mol. The lowest BCUT2D eigenvalue weighted by Crippen LogP contribution is -2.48. The van der Waals surface area contributed by atoms with E-state index in [2.05, 4.69) is 21.6 Å². The van der Waals surface area contributed by atoms with Crippen molar-refractivity contribution in [2.24, 2.45) is 0 Å². The number of H-pyrrole nitrogens is 1. The summed E-state index contributed by atoms with van der Waals surface area (Å²) in [6, 6.07) is 5.71. The smallest absolute Gasteiger partial charge is 0.410 e. The van der Waals surface area contributed by atoms with Gasteiger partial charge in [-0.25, -0.2) is 9.59 Å². The van der Waals surface area contributed by atoms with Gasteiger partial charge in [0.25, 0.3) is 0 Å². The van der Waals surface area contributed by atoms with Crippen LogP contribution in [0.2, 0.25) is 0 Å². The summed E-state index contributed by atoms with van der Waals surface area (Å²) in [6.07, 6.45) is 0.570. The summed E-state index contributed by atoms with van der Waals surface area (Å²) >= 11 is 0. The zero-order chi connectivity index (χ0) is 23.8. The number of carbonyl (C=O) groups excluding carboxylic acids is 3. The van der Waals surface area contributed by atoms with Crippen molar-refractivity contribution >= 4 is 28.9 Å². The van der Waals surface area contributed by atoms with E-state index < -0.39 is 5.60 Å². The van der Waals surface area contributed by atoms with Gasteiger partial charge in [-0.05, 0) is 38.8 Å². The highest BCUT2D eigenvalue weighted by Gasteiger charge is 2.34. The van der Waals surface area contributed by atoms with Crippen LogP contribution in [0.25, 0.3) is 10.9 Å².